The molecule has 0 saturated carbocycles. The van der Waals surface area contributed by atoms with Crippen molar-refractivity contribution >= 4 is 17.8 Å². The zero-order valence-corrected chi connectivity index (χ0v) is 11.2. The first-order valence-electron chi connectivity index (χ1n) is 6.25. The summed E-state index contributed by atoms with van der Waals surface area (Å²) in [5.41, 5.74) is 0.985. The second-order valence-corrected chi connectivity index (χ2v) is 5.18. The van der Waals surface area contributed by atoms with Crippen molar-refractivity contribution in [2.24, 2.45) is 5.10 Å². The van der Waals surface area contributed by atoms with E-state index >= 15 is 0 Å². The molecule has 1 saturated heterocycles. The quantitative estimate of drug-likeness (QED) is 0.726. The molecule has 0 aliphatic carbocycles. The van der Waals surface area contributed by atoms with E-state index < -0.39 is 0 Å². The van der Waals surface area contributed by atoms with E-state index in [1.165, 1.54) is 19.3 Å². The van der Waals surface area contributed by atoms with Gasteiger partial charge in [0.25, 0.3) is 0 Å². The SMILES string of the molecule is CC1CCCC(C)N1N=Cc1ccccc1Cl. The van der Waals surface area contributed by atoms with Crippen LogP contribution >= 0.6 is 11.6 Å². The number of halogens is 1. The number of hydrazone groups is 1. The van der Waals surface area contributed by atoms with E-state index in [1.807, 2.05) is 30.5 Å². The molecule has 0 spiro atoms. The van der Waals surface area contributed by atoms with Crippen molar-refractivity contribution in [2.45, 2.75) is 45.2 Å². The van der Waals surface area contributed by atoms with Crippen LogP contribution in [0.2, 0.25) is 5.02 Å². The summed E-state index contributed by atoms with van der Waals surface area (Å²) in [5.74, 6) is 0. The lowest BCUT2D eigenvalue weighted by atomic mass is 10.00. The highest BCUT2D eigenvalue weighted by molar-refractivity contribution is 6.33. The van der Waals surface area contributed by atoms with Crippen molar-refractivity contribution in [2.75, 3.05) is 0 Å². The van der Waals surface area contributed by atoms with E-state index in [-0.39, 0.29) is 0 Å². The van der Waals surface area contributed by atoms with Gasteiger partial charge in [-0.2, -0.15) is 5.10 Å². The zero-order chi connectivity index (χ0) is 12.3. The first-order chi connectivity index (χ1) is 8.18. The largest absolute Gasteiger partial charge is 0.292 e. The van der Waals surface area contributed by atoms with Gasteiger partial charge in [-0.3, -0.25) is 5.01 Å². The summed E-state index contributed by atoms with van der Waals surface area (Å²) in [6.45, 7) is 4.47. The van der Waals surface area contributed by atoms with E-state index in [1.54, 1.807) is 0 Å². The maximum atomic E-state index is 6.10. The second kappa shape index (κ2) is 5.54. The van der Waals surface area contributed by atoms with Crippen LogP contribution in [0.1, 0.15) is 38.7 Å². The molecule has 17 heavy (non-hydrogen) atoms. The first-order valence-corrected chi connectivity index (χ1v) is 6.63. The number of piperidine rings is 1. The number of hydrogen-bond donors (Lipinski definition) is 0. The van der Waals surface area contributed by atoms with Gasteiger partial charge in [-0.1, -0.05) is 29.8 Å². The molecule has 1 aliphatic heterocycles. The predicted molar refractivity (Wildman–Crippen MR) is 73.7 cm³/mol. The Morgan fingerprint density at radius 2 is 1.88 bits per heavy atom. The fraction of sp³-hybridized carbons (Fsp3) is 0.500. The summed E-state index contributed by atoms with van der Waals surface area (Å²) >= 11 is 6.10. The van der Waals surface area contributed by atoms with E-state index in [9.17, 15) is 0 Å². The Hall–Kier alpha value is -1.02. The van der Waals surface area contributed by atoms with Gasteiger partial charge in [-0.05, 0) is 39.2 Å². The third-order valence-electron chi connectivity index (χ3n) is 3.38. The molecule has 3 heteroatoms. The minimum Gasteiger partial charge on any atom is -0.292 e. The summed E-state index contributed by atoms with van der Waals surface area (Å²) < 4.78 is 0. The summed E-state index contributed by atoms with van der Waals surface area (Å²) in [7, 11) is 0. The molecule has 1 heterocycles. The van der Waals surface area contributed by atoms with Gasteiger partial charge in [0.1, 0.15) is 0 Å². The molecule has 92 valence electrons. The van der Waals surface area contributed by atoms with Gasteiger partial charge in [0, 0.05) is 22.7 Å². The average Bonchev–Trinajstić information content (AvgIpc) is 2.30. The number of nitrogens with zero attached hydrogens (tertiary/aromatic N) is 2. The summed E-state index contributed by atoms with van der Waals surface area (Å²) in [6, 6.07) is 8.86. The zero-order valence-electron chi connectivity index (χ0n) is 10.4. The summed E-state index contributed by atoms with van der Waals surface area (Å²) in [5, 5.41) is 7.56. The lowest BCUT2D eigenvalue weighted by molar-refractivity contribution is 0.109. The van der Waals surface area contributed by atoms with Crippen LogP contribution in [0.25, 0.3) is 0 Å². The predicted octanol–water partition coefficient (Wildman–Crippen LogP) is 3.94. The Balaban J connectivity index is 2.11. The van der Waals surface area contributed by atoms with Crippen molar-refractivity contribution < 1.29 is 0 Å². The van der Waals surface area contributed by atoms with Gasteiger partial charge in [-0.25, -0.2) is 0 Å². The van der Waals surface area contributed by atoms with Gasteiger partial charge < -0.3 is 0 Å². The van der Waals surface area contributed by atoms with Gasteiger partial charge in [0.15, 0.2) is 0 Å². The smallest absolute Gasteiger partial charge is 0.0558 e. The van der Waals surface area contributed by atoms with Crippen LogP contribution in [0.5, 0.6) is 0 Å². The van der Waals surface area contributed by atoms with Crippen LogP contribution in [-0.2, 0) is 0 Å². The van der Waals surface area contributed by atoms with Crippen LogP contribution in [0.3, 0.4) is 0 Å². The molecular formula is C14H19ClN2. The standard InChI is InChI=1S/C14H19ClN2/c1-11-6-5-7-12(2)17(11)16-10-13-8-3-4-9-14(13)15/h3-4,8-12H,5-7H2,1-2H3. The molecule has 2 rings (SSSR count). The lowest BCUT2D eigenvalue weighted by Crippen LogP contribution is -2.39. The molecule has 2 nitrogen and oxygen atoms in total. The van der Waals surface area contributed by atoms with Crippen molar-refractivity contribution in [1.29, 1.82) is 0 Å². The van der Waals surface area contributed by atoms with Crippen molar-refractivity contribution in [3.8, 4) is 0 Å². The average molecular weight is 251 g/mol. The van der Waals surface area contributed by atoms with Crippen LogP contribution in [0, 0.1) is 0 Å². The van der Waals surface area contributed by atoms with E-state index in [4.69, 9.17) is 11.6 Å². The molecule has 1 aliphatic rings. The number of hydrogen-bond acceptors (Lipinski definition) is 2. The van der Waals surface area contributed by atoms with E-state index in [0.29, 0.717) is 12.1 Å². The highest BCUT2D eigenvalue weighted by atomic mass is 35.5. The van der Waals surface area contributed by atoms with Crippen LogP contribution in [-0.4, -0.2) is 23.3 Å². The Morgan fingerprint density at radius 1 is 1.24 bits per heavy atom. The van der Waals surface area contributed by atoms with Crippen molar-refractivity contribution in [1.82, 2.24) is 5.01 Å². The number of rotatable bonds is 2. The highest BCUT2D eigenvalue weighted by Crippen LogP contribution is 2.23. The summed E-state index contributed by atoms with van der Waals surface area (Å²) in [6.07, 6.45) is 5.63. The van der Waals surface area contributed by atoms with Crippen molar-refractivity contribution in [3.63, 3.8) is 0 Å². The lowest BCUT2D eigenvalue weighted by Gasteiger charge is -2.36. The molecule has 2 atom stereocenters. The van der Waals surface area contributed by atoms with Gasteiger partial charge >= 0.3 is 0 Å². The molecule has 0 N–H and O–H groups in total. The van der Waals surface area contributed by atoms with Crippen LogP contribution < -0.4 is 0 Å². The Morgan fingerprint density at radius 3 is 2.53 bits per heavy atom. The monoisotopic (exact) mass is 250 g/mol. The van der Waals surface area contributed by atoms with Crippen LogP contribution in [0.15, 0.2) is 29.4 Å². The molecular weight excluding hydrogens is 232 g/mol. The van der Waals surface area contributed by atoms with Gasteiger partial charge in [0.2, 0.25) is 0 Å². The van der Waals surface area contributed by atoms with E-state index in [0.717, 1.165) is 10.6 Å². The first kappa shape index (κ1) is 12.4. The molecule has 0 bridgehead atoms. The maximum absolute atomic E-state index is 6.10. The molecule has 2 unspecified atom stereocenters. The van der Waals surface area contributed by atoms with E-state index in [2.05, 4.69) is 24.0 Å². The van der Waals surface area contributed by atoms with Gasteiger partial charge in [-0.15, -0.1) is 0 Å². The number of benzene rings is 1. The molecule has 0 amide bonds. The Bertz CT molecular complexity index is 393. The molecule has 1 aromatic carbocycles. The summed E-state index contributed by atoms with van der Waals surface area (Å²) in [4.78, 5) is 0. The molecule has 0 aromatic heterocycles. The molecule has 1 aromatic rings. The molecule has 1 fully saturated rings. The third kappa shape index (κ3) is 3.01. The maximum Gasteiger partial charge on any atom is 0.0558 e. The third-order valence-corrected chi connectivity index (χ3v) is 3.73. The Kier molecular flexibility index (Phi) is 4.06. The highest BCUT2D eigenvalue weighted by Gasteiger charge is 2.22. The van der Waals surface area contributed by atoms with Crippen molar-refractivity contribution in [3.05, 3.63) is 34.9 Å². The topological polar surface area (TPSA) is 15.6 Å². The molecule has 0 radical (unpaired) electrons. The minimum absolute atomic E-state index is 0.525. The van der Waals surface area contributed by atoms with Crippen LogP contribution in [0.4, 0.5) is 0 Å². The fourth-order valence-corrected chi connectivity index (χ4v) is 2.53. The van der Waals surface area contributed by atoms with Gasteiger partial charge in [0.05, 0.1) is 6.21 Å². The Labute approximate surface area is 108 Å². The fourth-order valence-electron chi connectivity index (χ4n) is 2.34. The normalized spacial score (nSPS) is 25.5. The second-order valence-electron chi connectivity index (χ2n) is 4.78. The minimum atomic E-state index is 0.525.